The fraction of sp³-hybridized carbons (Fsp3) is 0.214. The van der Waals surface area contributed by atoms with Crippen molar-refractivity contribution in [3.63, 3.8) is 0 Å². The fourth-order valence-electron chi connectivity index (χ4n) is 1.82. The van der Waals surface area contributed by atoms with Gasteiger partial charge in [0.25, 0.3) is 0 Å². The van der Waals surface area contributed by atoms with Crippen molar-refractivity contribution in [2.75, 3.05) is 18.2 Å². The van der Waals surface area contributed by atoms with Gasteiger partial charge in [-0.15, -0.1) is 0 Å². The first-order valence-electron chi connectivity index (χ1n) is 6.22. The molecule has 0 aliphatic heterocycles. The number of aliphatic hydroxyl groups excluding tert-OH is 1. The number of carbonyl (C=O) groups is 1. The molecule has 1 aromatic heterocycles. The molecule has 0 saturated carbocycles. The highest BCUT2D eigenvalue weighted by atomic mass is 32.2. The molecule has 7 heteroatoms. The zero-order chi connectivity index (χ0) is 15.2. The summed E-state index contributed by atoms with van der Waals surface area (Å²) in [5, 5.41) is 22.2. The summed E-state index contributed by atoms with van der Waals surface area (Å²) < 4.78 is 0. The number of hydrogen-bond acceptors (Lipinski definition) is 6. The Kier molecular flexibility index (Phi) is 5.13. The number of rotatable bonds is 6. The lowest BCUT2D eigenvalue weighted by atomic mass is 10.1. The van der Waals surface area contributed by atoms with E-state index in [0.717, 1.165) is 5.56 Å². The van der Waals surface area contributed by atoms with Crippen molar-refractivity contribution in [3.05, 3.63) is 47.7 Å². The van der Waals surface area contributed by atoms with Crippen molar-refractivity contribution in [1.29, 1.82) is 0 Å². The number of aromatic nitrogens is 2. The van der Waals surface area contributed by atoms with Gasteiger partial charge in [-0.2, -0.15) is 0 Å². The average Bonchev–Trinajstić information content (AvgIpc) is 2.53. The second-order valence-corrected chi connectivity index (χ2v) is 4.99. The van der Waals surface area contributed by atoms with Crippen LogP contribution in [0.15, 0.2) is 41.7 Å². The Hall–Kier alpha value is -2.12. The van der Waals surface area contributed by atoms with Crippen LogP contribution in [-0.2, 0) is 0 Å². The van der Waals surface area contributed by atoms with Gasteiger partial charge in [0.1, 0.15) is 11.4 Å². The van der Waals surface area contributed by atoms with Gasteiger partial charge in [-0.1, -0.05) is 42.1 Å². The van der Waals surface area contributed by atoms with Crippen LogP contribution in [-0.4, -0.2) is 39.0 Å². The van der Waals surface area contributed by atoms with Crippen LogP contribution in [0.5, 0.6) is 0 Å². The summed E-state index contributed by atoms with van der Waals surface area (Å²) in [4.78, 5) is 19.4. The van der Waals surface area contributed by atoms with E-state index in [1.165, 1.54) is 18.0 Å². The minimum Gasteiger partial charge on any atom is -0.477 e. The zero-order valence-electron chi connectivity index (χ0n) is 11.4. The minimum absolute atomic E-state index is 0.0258. The van der Waals surface area contributed by atoms with Gasteiger partial charge in [-0.05, 0) is 11.8 Å². The number of hydrogen-bond donors (Lipinski definition) is 3. The molecule has 0 bridgehead atoms. The number of aliphatic hydroxyl groups is 1. The molecule has 110 valence electrons. The number of benzene rings is 1. The van der Waals surface area contributed by atoms with Gasteiger partial charge in [0, 0.05) is 6.20 Å². The third-order valence-corrected chi connectivity index (χ3v) is 3.44. The molecular weight excluding hydrogens is 290 g/mol. The highest BCUT2D eigenvalue weighted by Gasteiger charge is 2.18. The minimum atomic E-state index is -1.12. The Balaban J connectivity index is 2.34. The number of carboxylic acid groups (broad SMARTS) is 1. The predicted octanol–water partition coefficient (Wildman–Crippen LogP) is 2.04. The van der Waals surface area contributed by atoms with Crippen molar-refractivity contribution in [2.24, 2.45) is 0 Å². The summed E-state index contributed by atoms with van der Waals surface area (Å²) in [6, 6.07) is 8.84. The average molecular weight is 305 g/mol. The standard InChI is InChI=1S/C14H15N3O3S/c1-21-14-15-7-10(13(19)20)12(17-14)16-11(8-18)9-5-3-2-4-6-9/h2-7,11,18H,8H2,1H3,(H,19,20)(H,15,16,17). The predicted molar refractivity (Wildman–Crippen MR) is 80.7 cm³/mol. The molecule has 1 atom stereocenters. The summed E-state index contributed by atoms with van der Waals surface area (Å²) in [7, 11) is 0. The molecule has 3 N–H and O–H groups in total. The Bertz CT molecular complexity index is 622. The van der Waals surface area contributed by atoms with Gasteiger partial charge in [-0.25, -0.2) is 14.8 Å². The molecular formula is C14H15N3O3S. The summed E-state index contributed by atoms with van der Waals surface area (Å²) in [5.74, 6) is -0.917. The summed E-state index contributed by atoms with van der Waals surface area (Å²) in [6.07, 6.45) is 3.07. The highest BCUT2D eigenvalue weighted by molar-refractivity contribution is 7.98. The van der Waals surface area contributed by atoms with E-state index >= 15 is 0 Å². The second kappa shape index (κ2) is 7.05. The summed E-state index contributed by atoms with van der Waals surface area (Å²) in [5.41, 5.74) is 0.822. The molecule has 0 spiro atoms. The molecule has 0 radical (unpaired) electrons. The van der Waals surface area contributed by atoms with Crippen molar-refractivity contribution in [2.45, 2.75) is 11.2 Å². The number of nitrogens with zero attached hydrogens (tertiary/aromatic N) is 2. The number of carboxylic acids is 1. The lowest BCUT2D eigenvalue weighted by molar-refractivity contribution is 0.0696. The Morgan fingerprint density at radius 3 is 2.67 bits per heavy atom. The maximum Gasteiger partial charge on any atom is 0.341 e. The summed E-state index contributed by atoms with van der Waals surface area (Å²) >= 11 is 1.32. The number of nitrogens with one attached hydrogen (secondary N) is 1. The van der Waals surface area contributed by atoms with Crippen LogP contribution in [0.1, 0.15) is 22.0 Å². The van der Waals surface area contributed by atoms with Crippen molar-refractivity contribution in [1.82, 2.24) is 9.97 Å². The van der Waals surface area contributed by atoms with E-state index in [0.29, 0.717) is 5.16 Å². The molecule has 0 amide bonds. The summed E-state index contributed by atoms with van der Waals surface area (Å²) in [6.45, 7) is -0.179. The number of aromatic carboxylic acids is 1. The van der Waals surface area contributed by atoms with E-state index in [2.05, 4.69) is 15.3 Å². The molecule has 2 aromatic rings. The number of anilines is 1. The van der Waals surface area contributed by atoms with Crippen LogP contribution in [0.2, 0.25) is 0 Å². The van der Waals surface area contributed by atoms with Gasteiger partial charge < -0.3 is 15.5 Å². The van der Waals surface area contributed by atoms with E-state index in [9.17, 15) is 15.0 Å². The lowest BCUT2D eigenvalue weighted by Crippen LogP contribution is -2.18. The molecule has 1 heterocycles. The largest absolute Gasteiger partial charge is 0.477 e. The molecule has 6 nitrogen and oxygen atoms in total. The van der Waals surface area contributed by atoms with E-state index < -0.39 is 12.0 Å². The first-order chi connectivity index (χ1) is 10.2. The second-order valence-electron chi connectivity index (χ2n) is 4.21. The molecule has 1 unspecified atom stereocenters. The van der Waals surface area contributed by atoms with E-state index in [1.54, 1.807) is 6.26 Å². The van der Waals surface area contributed by atoms with Gasteiger partial charge in [0.05, 0.1) is 12.6 Å². The van der Waals surface area contributed by atoms with Crippen LogP contribution in [0, 0.1) is 0 Å². The quantitative estimate of drug-likeness (QED) is 0.555. The molecule has 0 aliphatic carbocycles. The molecule has 0 fully saturated rings. The van der Waals surface area contributed by atoms with Gasteiger partial charge in [-0.3, -0.25) is 0 Å². The van der Waals surface area contributed by atoms with Gasteiger partial charge in [0.15, 0.2) is 5.16 Å². The van der Waals surface area contributed by atoms with Crippen LogP contribution in [0.4, 0.5) is 5.82 Å². The highest BCUT2D eigenvalue weighted by Crippen LogP contribution is 2.22. The smallest absolute Gasteiger partial charge is 0.341 e. The van der Waals surface area contributed by atoms with Crippen LogP contribution < -0.4 is 5.32 Å². The van der Waals surface area contributed by atoms with Gasteiger partial charge in [0.2, 0.25) is 0 Å². The number of thioether (sulfide) groups is 1. The topological polar surface area (TPSA) is 95.3 Å². The molecule has 21 heavy (non-hydrogen) atoms. The van der Waals surface area contributed by atoms with Crippen LogP contribution >= 0.6 is 11.8 Å². The Labute approximate surface area is 126 Å². The molecule has 0 saturated heterocycles. The van der Waals surface area contributed by atoms with Gasteiger partial charge >= 0.3 is 5.97 Å². The van der Waals surface area contributed by atoms with Crippen LogP contribution in [0.25, 0.3) is 0 Å². The molecule has 2 rings (SSSR count). The zero-order valence-corrected chi connectivity index (χ0v) is 12.2. The van der Waals surface area contributed by atoms with Crippen molar-refractivity contribution >= 4 is 23.5 Å². The molecule has 1 aromatic carbocycles. The van der Waals surface area contributed by atoms with E-state index in [4.69, 9.17) is 0 Å². The monoisotopic (exact) mass is 305 g/mol. The Morgan fingerprint density at radius 1 is 1.38 bits per heavy atom. The Morgan fingerprint density at radius 2 is 2.10 bits per heavy atom. The van der Waals surface area contributed by atoms with E-state index in [-0.39, 0.29) is 18.0 Å². The first kappa shape index (κ1) is 15.3. The third kappa shape index (κ3) is 3.71. The molecule has 0 aliphatic rings. The maximum atomic E-state index is 11.2. The normalized spacial score (nSPS) is 11.9. The van der Waals surface area contributed by atoms with Crippen molar-refractivity contribution in [3.8, 4) is 0 Å². The fourth-order valence-corrected chi connectivity index (χ4v) is 2.16. The maximum absolute atomic E-state index is 11.2. The lowest BCUT2D eigenvalue weighted by Gasteiger charge is -2.18. The SMILES string of the molecule is CSc1ncc(C(=O)O)c(NC(CO)c2ccccc2)n1. The van der Waals surface area contributed by atoms with Crippen LogP contribution in [0.3, 0.4) is 0 Å². The van der Waals surface area contributed by atoms with E-state index in [1.807, 2.05) is 30.3 Å². The first-order valence-corrected chi connectivity index (χ1v) is 7.45. The van der Waals surface area contributed by atoms with Crippen molar-refractivity contribution < 1.29 is 15.0 Å². The third-order valence-electron chi connectivity index (χ3n) is 2.88.